The highest BCUT2D eigenvalue weighted by atomic mass is 16.2. The van der Waals surface area contributed by atoms with Crippen LogP contribution in [0.2, 0.25) is 0 Å². The highest BCUT2D eigenvalue weighted by Gasteiger charge is 2.21. The summed E-state index contributed by atoms with van der Waals surface area (Å²) in [5, 5.41) is 10.1. The van der Waals surface area contributed by atoms with Crippen molar-refractivity contribution < 1.29 is 4.79 Å². The molecule has 1 aliphatic rings. The van der Waals surface area contributed by atoms with E-state index in [0.29, 0.717) is 6.54 Å². The Labute approximate surface area is 88.8 Å². The number of nitrogens with one attached hydrogen (secondary N) is 2. The van der Waals surface area contributed by atoms with Crippen LogP contribution < -0.4 is 10.6 Å². The zero-order chi connectivity index (χ0) is 10.7. The summed E-state index contributed by atoms with van der Waals surface area (Å²) in [6, 6.07) is 0.00155. The van der Waals surface area contributed by atoms with Crippen molar-refractivity contribution in [3.63, 3.8) is 0 Å². The molecule has 2 heterocycles. The highest BCUT2D eigenvalue weighted by molar-refractivity contribution is 5.81. The van der Waals surface area contributed by atoms with Gasteiger partial charge in [0.1, 0.15) is 0 Å². The normalized spacial score (nSPS) is 20.5. The zero-order valence-corrected chi connectivity index (χ0v) is 8.86. The van der Waals surface area contributed by atoms with Gasteiger partial charge in [0.2, 0.25) is 5.91 Å². The van der Waals surface area contributed by atoms with E-state index in [1.807, 2.05) is 13.2 Å². The Bertz CT molecular complexity index is 341. The van der Waals surface area contributed by atoms with Crippen molar-refractivity contribution in [2.75, 3.05) is 6.54 Å². The number of amides is 1. The molecule has 0 bridgehead atoms. The first kappa shape index (κ1) is 10.2. The van der Waals surface area contributed by atoms with Crippen LogP contribution in [0.25, 0.3) is 0 Å². The number of aromatic nitrogens is 2. The maximum Gasteiger partial charge on any atom is 0.237 e. The number of carbonyl (C=O) groups excluding carboxylic acids is 1. The zero-order valence-electron chi connectivity index (χ0n) is 8.86. The van der Waals surface area contributed by atoms with Gasteiger partial charge in [0.15, 0.2) is 0 Å². The van der Waals surface area contributed by atoms with Crippen molar-refractivity contribution in [1.82, 2.24) is 20.4 Å². The average Bonchev–Trinajstić information content (AvgIpc) is 2.84. The second kappa shape index (κ2) is 4.44. The molecule has 1 saturated heterocycles. The van der Waals surface area contributed by atoms with Gasteiger partial charge in [-0.25, -0.2) is 0 Å². The Kier molecular flexibility index (Phi) is 3.01. The van der Waals surface area contributed by atoms with E-state index >= 15 is 0 Å². The van der Waals surface area contributed by atoms with Crippen molar-refractivity contribution in [1.29, 1.82) is 0 Å². The van der Waals surface area contributed by atoms with Crippen LogP contribution in [0.1, 0.15) is 18.4 Å². The first-order valence-corrected chi connectivity index (χ1v) is 5.24. The molecule has 0 aliphatic carbocycles. The molecule has 5 heteroatoms. The molecule has 1 aromatic rings. The van der Waals surface area contributed by atoms with Crippen LogP contribution >= 0.6 is 0 Å². The Morgan fingerprint density at radius 2 is 2.67 bits per heavy atom. The van der Waals surface area contributed by atoms with E-state index in [1.54, 1.807) is 10.9 Å². The van der Waals surface area contributed by atoms with Crippen LogP contribution in [0.15, 0.2) is 12.4 Å². The third-order valence-corrected chi connectivity index (χ3v) is 2.60. The minimum atomic E-state index is 0.00155. The summed E-state index contributed by atoms with van der Waals surface area (Å²) in [6.45, 7) is 1.51. The Hall–Kier alpha value is -1.36. The molecule has 2 N–H and O–H groups in total. The lowest BCUT2D eigenvalue weighted by molar-refractivity contribution is -0.122. The predicted octanol–water partition coefficient (Wildman–Crippen LogP) is -0.212. The van der Waals surface area contributed by atoms with Crippen LogP contribution in [-0.4, -0.2) is 28.3 Å². The largest absolute Gasteiger partial charge is 0.351 e. The molecule has 0 spiro atoms. The van der Waals surface area contributed by atoms with Crippen LogP contribution in [0.4, 0.5) is 0 Å². The molecular formula is C10H16N4O. The van der Waals surface area contributed by atoms with E-state index in [-0.39, 0.29) is 11.9 Å². The van der Waals surface area contributed by atoms with Crippen molar-refractivity contribution in [2.45, 2.75) is 25.4 Å². The summed E-state index contributed by atoms with van der Waals surface area (Å²) in [4.78, 5) is 11.6. The van der Waals surface area contributed by atoms with E-state index in [4.69, 9.17) is 0 Å². The second-order valence-corrected chi connectivity index (χ2v) is 3.89. The molecule has 0 unspecified atom stereocenters. The third-order valence-electron chi connectivity index (χ3n) is 2.60. The summed E-state index contributed by atoms with van der Waals surface area (Å²) in [7, 11) is 1.86. The molecule has 82 valence electrons. The molecule has 1 atom stereocenters. The molecule has 1 aromatic heterocycles. The van der Waals surface area contributed by atoms with Gasteiger partial charge in [-0.05, 0) is 19.4 Å². The number of rotatable bonds is 3. The molecule has 5 nitrogen and oxygen atoms in total. The standard InChI is InChI=1S/C10H16N4O/c1-14-7-8(6-13-14)5-12-10(15)9-3-2-4-11-9/h6-7,9,11H,2-5H2,1H3,(H,12,15)/t9-/m1/s1. The van der Waals surface area contributed by atoms with Gasteiger partial charge in [0.25, 0.3) is 0 Å². The van der Waals surface area contributed by atoms with Crippen molar-refractivity contribution in [3.8, 4) is 0 Å². The number of nitrogens with zero attached hydrogens (tertiary/aromatic N) is 2. The maximum absolute atomic E-state index is 11.6. The number of aryl methyl sites for hydroxylation is 1. The van der Waals surface area contributed by atoms with Gasteiger partial charge in [-0.15, -0.1) is 0 Å². The Morgan fingerprint density at radius 3 is 3.27 bits per heavy atom. The van der Waals surface area contributed by atoms with Crippen LogP contribution in [-0.2, 0) is 18.4 Å². The lowest BCUT2D eigenvalue weighted by Gasteiger charge is -2.09. The maximum atomic E-state index is 11.6. The van der Waals surface area contributed by atoms with Gasteiger partial charge in [0.05, 0.1) is 12.2 Å². The van der Waals surface area contributed by atoms with Gasteiger partial charge in [-0.1, -0.05) is 0 Å². The van der Waals surface area contributed by atoms with Gasteiger partial charge in [-0.3, -0.25) is 9.48 Å². The predicted molar refractivity (Wildman–Crippen MR) is 56.1 cm³/mol. The Balaban J connectivity index is 1.80. The topological polar surface area (TPSA) is 59.0 Å². The fourth-order valence-corrected chi connectivity index (χ4v) is 1.78. The molecule has 0 radical (unpaired) electrons. The van der Waals surface area contributed by atoms with Crippen molar-refractivity contribution >= 4 is 5.91 Å². The lowest BCUT2D eigenvalue weighted by atomic mass is 10.2. The van der Waals surface area contributed by atoms with E-state index in [1.165, 1.54) is 0 Å². The highest BCUT2D eigenvalue weighted by Crippen LogP contribution is 2.05. The quantitative estimate of drug-likeness (QED) is 0.722. The molecule has 1 aliphatic heterocycles. The monoisotopic (exact) mass is 208 g/mol. The molecule has 0 saturated carbocycles. The lowest BCUT2D eigenvalue weighted by Crippen LogP contribution is -2.39. The van der Waals surface area contributed by atoms with Crippen LogP contribution in [0, 0.1) is 0 Å². The van der Waals surface area contributed by atoms with Gasteiger partial charge in [-0.2, -0.15) is 5.10 Å². The van der Waals surface area contributed by atoms with Crippen molar-refractivity contribution in [2.24, 2.45) is 7.05 Å². The molecule has 2 rings (SSSR count). The first-order chi connectivity index (χ1) is 7.25. The average molecular weight is 208 g/mol. The van der Waals surface area contributed by atoms with Gasteiger partial charge >= 0.3 is 0 Å². The SMILES string of the molecule is Cn1cc(CNC(=O)[C@H]2CCCN2)cn1. The van der Waals surface area contributed by atoms with Crippen LogP contribution in [0.3, 0.4) is 0 Å². The summed E-state index contributed by atoms with van der Waals surface area (Å²) in [6.07, 6.45) is 5.70. The Morgan fingerprint density at radius 1 is 1.80 bits per heavy atom. The molecule has 1 amide bonds. The smallest absolute Gasteiger partial charge is 0.237 e. The summed E-state index contributed by atoms with van der Waals surface area (Å²) in [5.41, 5.74) is 1.03. The molecule has 15 heavy (non-hydrogen) atoms. The van der Waals surface area contributed by atoms with Gasteiger partial charge < -0.3 is 10.6 Å². The van der Waals surface area contributed by atoms with E-state index in [0.717, 1.165) is 24.9 Å². The minimum Gasteiger partial charge on any atom is -0.351 e. The second-order valence-electron chi connectivity index (χ2n) is 3.89. The fourth-order valence-electron chi connectivity index (χ4n) is 1.78. The van der Waals surface area contributed by atoms with E-state index in [2.05, 4.69) is 15.7 Å². The summed E-state index contributed by atoms with van der Waals surface area (Å²) in [5.74, 6) is 0.0938. The third kappa shape index (κ3) is 2.56. The number of carbonyl (C=O) groups is 1. The molecule has 1 fully saturated rings. The molecular weight excluding hydrogens is 192 g/mol. The summed E-state index contributed by atoms with van der Waals surface area (Å²) < 4.78 is 1.73. The van der Waals surface area contributed by atoms with E-state index in [9.17, 15) is 4.79 Å². The first-order valence-electron chi connectivity index (χ1n) is 5.24. The van der Waals surface area contributed by atoms with Crippen molar-refractivity contribution in [3.05, 3.63) is 18.0 Å². The molecule has 0 aromatic carbocycles. The fraction of sp³-hybridized carbons (Fsp3) is 0.600. The number of hydrogen-bond donors (Lipinski definition) is 2. The minimum absolute atomic E-state index is 0.00155. The van der Waals surface area contributed by atoms with E-state index < -0.39 is 0 Å². The summed E-state index contributed by atoms with van der Waals surface area (Å²) >= 11 is 0. The van der Waals surface area contributed by atoms with Crippen LogP contribution in [0.5, 0.6) is 0 Å². The number of hydrogen-bond acceptors (Lipinski definition) is 3. The van der Waals surface area contributed by atoms with Gasteiger partial charge in [0, 0.05) is 25.4 Å².